The highest BCUT2D eigenvalue weighted by Gasteiger charge is 2.45. The number of ether oxygens (including phenoxy) is 1. The fourth-order valence-corrected chi connectivity index (χ4v) is 5.06. The molecule has 8 heteroatoms. The summed E-state index contributed by atoms with van der Waals surface area (Å²) in [5.74, 6) is -1.81. The maximum Gasteiger partial charge on any atom is 0.573 e. The number of rotatable bonds is 5. The van der Waals surface area contributed by atoms with Crippen LogP contribution in [0.25, 0.3) is 11.1 Å². The van der Waals surface area contributed by atoms with Gasteiger partial charge in [0.15, 0.2) is 6.04 Å². The van der Waals surface area contributed by atoms with Crippen molar-refractivity contribution in [2.75, 3.05) is 0 Å². The fourth-order valence-electron chi connectivity index (χ4n) is 5.06. The molecule has 0 amide bonds. The predicted octanol–water partition coefficient (Wildman–Crippen LogP) is 6.44. The monoisotopic (exact) mass is 476 g/mol. The standard InChI is InChI=1S/C26H28F3NO4/c1-13(2)30-21-11-16(14(3)8-20(21)25(4,5)12-23(30)31)18-9-15(17-10-19(17)24(32)33)6-7-22(18)34-26(27,28)29/h6-9,11,13,17,19H,10,12H2,1-5H3,(H,32,33)/p+1/t17-,19?/m0/s1. The van der Waals surface area contributed by atoms with Crippen LogP contribution in [0.1, 0.15) is 63.1 Å². The van der Waals surface area contributed by atoms with Gasteiger partial charge in [0.2, 0.25) is 5.69 Å². The molecule has 2 N–H and O–H groups in total. The van der Waals surface area contributed by atoms with Gasteiger partial charge in [-0.2, -0.15) is 4.58 Å². The van der Waals surface area contributed by atoms with E-state index >= 15 is 0 Å². The van der Waals surface area contributed by atoms with E-state index < -0.39 is 18.2 Å². The van der Waals surface area contributed by atoms with Gasteiger partial charge >= 0.3 is 18.2 Å². The number of hydrogen-bond donors (Lipinski definition) is 2. The number of carbonyl (C=O) groups is 1. The number of aliphatic carboxylic acids is 1. The van der Waals surface area contributed by atoms with Crippen LogP contribution in [0, 0.1) is 12.8 Å². The molecule has 1 unspecified atom stereocenters. The number of carboxylic acid groups (broad SMARTS) is 1. The molecule has 1 aliphatic carbocycles. The molecule has 2 aromatic rings. The van der Waals surface area contributed by atoms with Gasteiger partial charge in [-0.3, -0.25) is 4.79 Å². The number of carboxylic acids is 1. The van der Waals surface area contributed by atoms with Crippen LogP contribution in [0.2, 0.25) is 0 Å². The molecule has 182 valence electrons. The number of aliphatic hydroxyl groups excluding tert-OH is 1. The lowest BCUT2D eigenvalue weighted by molar-refractivity contribution is -0.489. The van der Waals surface area contributed by atoms with Crippen molar-refractivity contribution >= 4 is 17.6 Å². The highest BCUT2D eigenvalue weighted by molar-refractivity contribution is 5.81. The zero-order valence-electron chi connectivity index (χ0n) is 19.8. The zero-order chi connectivity index (χ0) is 25.2. The van der Waals surface area contributed by atoms with Crippen LogP contribution >= 0.6 is 0 Å². The van der Waals surface area contributed by atoms with Gasteiger partial charge in [0.1, 0.15) is 5.75 Å². The highest BCUT2D eigenvalue weighted by atomic mass is 19.4. The van der Waals surface area contributed by atoms with Crippen molar-refractivity contribution in [3.05, 3.63) is 47.0 Å². The fraction of sp³-hybridized carbons (Fsp3) is 0.462. The van der Waals surface area contributed by atoms with Gasteiger partial charge in [-0.15, -0.1) is 13.2 Å². The molecule has 1 saturated carbocycles. The Morgan fingerprint density at radius 2 is 1.85 bits per heavy atom. The van der Waals surface area contributed by atoms with Crippen LogP contribution in [0.3, 0.4) is 0 Å². The Kier molecular flexibility index (Phi) is 5.69. The van der Waals surface area contributed by atoms with Crippen LogP contribution < -0.4 is 4.74 Å². The van der Waals surface area contributed by atoms with E-state index in [-0.39, 0.29) is 34.6 Å². The van der Waals surface area contributed by atoms with E-state index in [1.54, 1.807) is 10.6 Å². The number of alkyl halides is 3. The smallest absolute Gasteiger partial charge is 0.481 e. The van der Waals surface area contributed by atoms with Crippen LogP contribution in [-0.4, -0.2) is 39.1 Å². The van der Waals surface area contributed by atoms with Gasteiger partial charge in [-0.05, 0) is 68.0 Å². The molecule has 0 spiro atoms. The Morgan fingerprint density at radius 1 is 1.18 bits per heavy atom. The minimum absolute atomic E-state index is 0.0644. The summed E-state index contributed by atoms with van der Waals surface area (Å²) < 4.78 is 45.9. The first-order valence-corrected chi connectivity index (χ1v) is 11.3. The number of nitrogens with zero attached hydrogens (tertiary/aromatic N) is 1. The van der Waals surface area contributed by atoms with Crippen molar-refractivity contribution in [1.82, 2.24) is 0 Å². The summed E-state index contributed by atoms with van der Waals surface area (Å²) in [5.41, 5.74) is 3.62. The molecule has 1 aliphatic heterocycles. The molecule has 2 atom stereocenters. The zero-order valence-corrected chi connectivity index (χ0v) is 19.8. The number of benzene rings is 2. The molecule has 0 radical (unpaired) electrons. The lowest BCUT2D eigenvalue weighted by Crippen LogP contribution is -2.36. The molecule has 0 aromatic heterocycles. The third kappa shape index (κ3) is 4.38. The average molecular weight is 477 g/mol. The van der Waals surface area contributed by atoms with Crippen molar-refractivity contribution < 1.29 is 37.5 Å². The second-order valence-electron chi connectivity index (χ2n) is 10.2. The predicted molar refractivity (Wildman–Crippen MR) is 122 cm³/mol. The number of fused-ring (bicyclic) bond motifs is 1. The van der Waals surface area contributed by atoms with Gasteiger partial charge in [-0.25, -0.2) is 0 Å². The summed E-state index contributed by atoms with van der Waals surface area (Å²) >= 11 is 0. The van der Waals surface area contributed by atoms with E-state index in [2.05, 4.69) is 4.74 Å². The Morgan fingerprint density at radius 3 is 2.41 bits per heavy atom. The third-order valence-electron chi connectivity index (χ3n) is 6.78. The summed E-state index contributed by atoms with van der Waals surface area (Å²) in [6, 6.07) is 8.10. The first kappa shape index (κ1) is 24.1. The summed E-state index contributed by atoms with van der Waals surface area (Å²) in [6.07, 6.45) is -3.97. The van der Waals surface area contributed by atoms with Crippen molar-refractivity contribution in [2.24, 2.45) is 5.92 Å². The Balaban J connectivity index is 1.92. The SMILES string of the molecule is Cc1cc2c(cc1-c1cc([C@@H]3CC3C(=O)O)ccc1OC(F)(F)F)[N+](C(C)C)=C(O)CC2(C)C. The highest BCUT2D eigenvalue weighted by Crippen LogP contribution is 2.50. The second kappa shape index (κ2) is 8.03. The van der Waals surface area contributed by atoms with Crippen molar-refractivity contribution in [1.29, 1.82) is 0 Å². The number of halogens is 3. The first-order valence-electron chi connectivity index (χ1n) is 11.3. The molecular formula is C26H29F3NO4+. The maximum absolute atomic E-state index is 13.2. The Labute approximate surface area is 196 Å². The van der Waals surface area contributed by atoms with Crippen LogP contribution in [0.5, 0.6) is 5.75 Å². The van der Waals surface area contributed by atoms with E-state index in [0.717, 1.165) is 16.8 Å². The number of aliphatic hydroxyl groups is 1. The van der Waals surface area contributed by atoms with E-state index in [0.29, 0.717) is 24.0 Å². The molecule has 0 bridgehead atoms. The molecule has 5 nitrogen and oxygen atoms in total. The molecule has 1 fully saturated rings. The summed E-state index contributed by atoms with van der Waals surface area (Å²) in [4.78, 5) is 11.4. The van der Waals surface area contributed by atoms with Gasteiger partial charge in [0.25, 0.3) is 0 Å². The van der Waals surface area contributed by atoms with Crippen molar-refractivity contribution in [3.8, 4) is 16.9 Å². The van der Waals surface area contributed by atoms with Crippen LogP contribution in [0.4, 0.5) is 18.9 Å². The van der Waals surface area contributed by atoms with Gasteiger partial charge in [0.05, 0.1) is 12.3 Å². The number of aryl methyl sites for hydroxylation is 1. The van der Waals surface area contributed by atoms with Crippen LogP contribution in [0.15, 0.2) is 30.3 Å². The van der Waals surface area contributed by atoms with E-state index in [9.17, 15) is 28.2 Å². The minimum Gasteiger partial charge on any atom is -0.481 e. The van der Waals surface area contributed by atoms with Crippen molar-refractivity contribution in [2.45, 2.75) is 71.2 Å². The van der Waals surface area contributed by atoms with Gasteiger partial charge in [-0.1, -0.05) is 19.9 Å². The molecule has 2 aromatic carbocycles. The molecule has 4 rings (SSSR count). The average Bonchev–Trinajstić information content (AvgIpc) is 3.48. The summed E-state index contributed by atoms with van der Waals surface area (Å²) in [7, 11) is 0. The van der Waals surface area contributed by atoms with Gasteiger partial charge < -0.3 is 14.9 Å². The Hall–Kier alpha value is -3.03. The maximum atomic E-state index is 13.2. The molecule has 2 aliphatic rings. The third-order valence-corrected chi connectivity index (χ3v) is 6.78. The quantitative estimate of drug-likeness (QED) is 0.488. The van der Waals surface area contributed by atoms with E-state index in [1.165, 1.54) is 12.1 Å². The lowest BCUT2D eigenvalue weighted by atomic mass is 9.76. The normalized spacial score (nSPS) is 21.4. The second-order valence-corrected chi connectivity index (χ2v) is 10.2. The topological polar surface area (TPSA) is 69.8 Å². The molecule has 1 heterocycles. The summed E-state index contributed by atoms with van der Waals surface area (Å²) in [6.45, 7) is 9.77. The Bertz CT molecular complexity index is 1200. The van der Waals surface area contributed by atoms with Crippen LogP contribution in [-0.2, 0) is 10.2 Å². The largest absolute Gasteiger partial charge is 0.573 e. The molecular weight excluding hydrogens is 447 g/mol. The summed E-state index contributed by atoms with van der Waals surface area (Å²) in [5, 5.41) is 20.1. The minimum atomic E-state index is -4.88. The molecule has 34 heavy (non-hydrogen) atoms. The first-order chi connectivity index (χ1) is 15.7. The molecule has 0 saturated heterocycles. The van der Waals surface area contributed by atoms with E-state index in [1.807, 2.05) is 46.8 Å². The van der Waals surface area contributed by atoms with E-state index in [4.69, 9.17) is 0 Å². The lowest BCUT2D eigenvalue weighted by Gasteiger charge is -2.31. The van der Waals surface area contributed by atoms with Gasteiger partial charge in [0, 0.05) is 22.6 Å². The van der Waals surface area contributed by atoms with Crippen molar-refractivity contribution in [3.63, 3.8) is 0 Å². The number of hydrogen-bond acceptors (Lipinski definition) is 2.